The van der Waals surface area contributed by atoms with E-state index in [4.69, 9.17) is 23.9 Å². The number of alkyl halides is 3. The first-order chi connectivity index (χ1) is 18.9. The Kier molecular flexibility index (Phi) is 7.74. The SMILES string of the molecule is COc1cccc(CCOc2nc(N3CCOCC3)c3cc(-c4ccc(C(F)(F)F)cc4)ccc3n2)c1OC. The summed E-state index contributed by atoms with van der Waals surface area (Å²) in [5.41, 5.74) is 2.37. The van der Waals surface area contributed by atoms with E-state index >= 15 is 0 Å². The summed E-state index contributed by atoms with van der Waals surface area (Å²) in [6, 6.07) is 16.7. The summed E-state index contributed by atoms with van der Waals surface area (Å²) in [6.07, 6.45) is -3.82. The van der Waals surface area contributed by atoms with Gasteiger partial charge in [-0.05, 0) is 41.5 Å². The van der Waals surface area contributed by atoms with Gasteiger partial charge in [0.15, 0.2) is 11.5 Å². The first-order valence-corrected chi connectivity index (χ1v) is 12.5. The van der Waals surface area contributed by atoms with Gasteiger partial charge in [-0.2, -0.15) is 23.1 Å². The van der Waals surface area contributed by atoms with E-state index in [0.29, 0.717) is 67.7 Å². The van der Waals surface area contributed by atoms with E-state index in [0.717, 1.165) is 28.6 Å². The fraction of sp³-hybridized carbons (Fsp3) is 0.310. The summed E-state index contributed by atoms with van der Waals surface area (Å²) in [5.74, 6) is 2.01. The van der Waals surface area contributed by atoms with Crippen LogP contribution < -0.4 is 19.1 Å². The number of morpholine rings is 1. The minimum absolute atomic E-state index is 0.244. The van der Waals surface area contributed by atoms with Crippen molar-refractivity contribution in [3.63, 3.8) is 0 Å². The summed E-state index contributed by atoms with van der Waals surface area (Å²) in [4.78, 5) is 11.5. The van der Waals surface area contributed by atoms with Crippen molar-refractivity contribution in [2.24, 2.45) is 0 Å². The van der Waals surface area contributed by atoms with Crippen LogP contribution in [0.1, 0.15) is 11.1 Å². The molecule has 1 fully saturated rings. The zero-order chi connectivity index (χ0) is 27.4. The highest BCUT2D eigenvalue weighted by Crippen LogP contribution is 2.34. The van der Waals surface area contributed by atoms with Crippen molar-refractivity contribution in [2.75, 3.05) is 52.0 Å². The molecule has 1 aromatic heterocycles. The molecule has 204 valence electrons. The topological polar surface area (TPSA) is 65.9 Å². The van der Waals surface area contributed by atoms with Crippen LogP contribution in [0.15, 0.2) is 60.7 Å². The van der Waals surface area contributed by atoms with E-state index < -0.39 is 11.7 Å². The second kappa shape index (κ2) is 11.4. The zero-order valence-corrected chi connectivity index (χ0v) is 21.6. The number of halogens is 3. The molecule has 39 heavy (non-hydrogen) atoms. The molecule has 0 atom stereocenters. The van der Waals surface area contributed by atoms with Crippen molar-refractivity contribution in [1.82, 2.24) is 9.97 Å². The first-order valence-electron chi connectivity index (χ1n) is 12.5. The molecule has 1 aliphatic rings. The van der Waals surface area contributed by atoms with Crippen molar-refractivity contribution in [1.29, 1.82) is 0 Å². The normalized spacial score (nSPS) is 13.9. The lowest BCUT2D eigenvalue weighted by atomic mass is 10.0. The number of hydrogen-bond donors (Lipinski definition) is 0. The van der Waals surface area contributed by atoms with Crippen molar-refractivity contribution < 1.29 is 32.1 Å². The molecule has 1 aliphatic heterocycles. The minimum Gasteiger partial charge on any atom is -0.493 e. The molecule has 5 rings (SSSR count). The Bertz CT molecular complexity index is 1440. The van der Waals surface area contributed by atoms with Crippen molar-refractivity contribution in [2.45, 2.75) is 12.6 Å². The maximum Gasteiger partial charge on any atom is 0.416 e. The van der Waals surface area contributed by atoms with Crippen LogP contribution in [0.4, 0.5) is 19.0 Å². The van der Waals surface area contributed by atoms with Gasteiger partial charge < -0.3 is 23.8 Å². The van der Waals surface area contributed by atoms with E-state index in [1.165, 1.54) is 12.1 Å². The summed E-state index contributed by atoms with van der Waals surface area (Å²) in [7, 11) is 3.19. The molecule has 0 amide bonds. The fourth-order valence-corrected chi connectivity index (χ4v) is 4.61. The van der Waals surface area contributed by atoms with Gasteiger partial charge in [-0.3, -0.25) is 0 Å². The smallest absolute Gasteiger partial charge is 0.416 e. The highest BCUT2D eigenvalue weighted by atomic mass is 19.4. The predicted octanol–water partition coefficient (Wildman–Crippen LogP) is 5.79. The number of nitrogens with zero attached hydrogens (tertiary/aromatic N) is 3. The van der Waals surface area contributed by atoms with Crippen LogP contribution in [0.25, 0.3) is 22.0 Å². The van der Waals surface area contributed by atoms with E-state index in [-0.39, 0.29) is 6.01 Å². The van der Waals surface area contributed by atoms with E-state index in [9.17, 15) is 13.2 Å². The van der Waals surface area contributed by atoms with Crippen LogP contribution in [-0.2, 0) is 17.3 Å². The average Bonchev–Trinajstić information content (AvgIpc) is 2.96. The number of hydrogen-bond acceptors (Lipinski definition) is 7. The minimum atomic E-state index is -4.38. The van der Waals surface area contributed by atoms with Gasteiger partial charge >= 0.3 is 12.2 Å². The molecular weight excluding hydrogens is 511 g/mol. The number of benzene rings is 3. The van der Waals surface area contributed by atoms with Gasteiger partial charge in [0.05, 0.1) is 45.1 Å². The van der Waals surface area contributed by atoms with E-state index in [1.54, 1.807) is 14.2 Å². The summed E-state index contributed by atoms with van der Waals surface area (Å²) in [5, 5.41) is 0.788. The second-order valence-corrected chi connectivity index (χ2v) is 8.99. The number of aromatic nitrogens is 2. The van der Waals surface area contributed by atoms with Crippen LogP contribution in [0, 0.1) is 0 Å². The first kappa shape index (κ1) is 26.6. The van der Waals surface area contributed by atoms with Crippen molar-refractivity contribution in [3.05, 3.63) is 71.8 Å². The highest BCUT2D eigenvalue weighted by Gasteiger charge is 2.30. The van der Waals surface area contributed by atoms with E-state index in [2.05, 4.69) is 9.88 Å². The molecule has 2 heterocycles. The average molecular weight is 540 g/mol. The molecule has 10 heteroatoms. The van der Waals surface area contributed by atoms with Gasteiger partial charge in [-0.25, -0.2) is 0 Å². The van der Waals surface area contributed by atoms with E-state index in [1.807, 2.05) is 36.4 Å². The Morgan fingerprint density at radius 1 is 0.897 bits per heavy atom. The fourth-order valence-electron chi connectivity index (χ4n) is 4.61. The molecule has 0 spiro atoms. The molecule has 1 saturated heterocycles. The van der Waals surface area contributed by atoms with Crippen molar-refractivity contribution in [3.8, 4) is 28.6 Å². The lowest BCUT2D eigenvalue weighted by Gasteiger charge is -2.29. The van der Waals surface area contributed by atoms with Crippen LogP contribution in [-0.4, -0.2) is 57.1 Å². The number of anilines is 1. The molecule has 0 saturated carbocycles. The maximum atomic E-state index is 13.0. The number of methoxy groups -OCH3 is 2. The lowest BCUT2D eigenvalue weighted by Crippen LogP contribution is -2.37. The van der Waals surface area contributed by atoms with Crippen molar-refractivity contribution >= 4 is 16.7 Å². The predicted molar refractivity (Wildman–Crippen MR) is 142 cm³/mol. The molecule has 3 aromatic carbocycles. The largest absolute Gasteiger partial charge is 0.493 e. The number of ether oxygens (including phenoxy) is 4. The van der Waals surface area contributed by atoms with Gasteiger partial charge in [0, 0.05) is 30.5 Å². The molecule has 0 bridgehead atoms. The Hall–Kier alpha value is -4.05. The van der Waals surface area contributed by atoms with Gasteiger partial charge in [0.2, 0.25) is 0 Å². The van der Waals surface area contributed by atoms with Crippen LogP contribution in [0.5, 0.6) is 17.5 Å². The molecular formula is C29H28F3N3O4. The summed E-state index contributed by atoms with van der Waals surface area (Å²) in [6.45, 7) is 2.75. The third kappa shape index (κ3) is 5.85. The molecule has 0 N–H and O–H groups in total. The van der Waals surface area contributed by atoms with Gasteiger partial charge in [-0.1, -0.05) is 30.3 Å². The molecule has 0 aliphatic carbocycles. The quantitative estimate of drug-likeness (QED) is 0.281. The Labute approximate surface area is 224 Å². The molecule has 4 aromatic rings. The maximum absolute atomic E-state index is 13.0. The van der Waals surface area contributed by atoms with Crippen LogP contribution in [0.3, 0.4) is 0 Å². The Morgan fingerprint density at radius 3 is 2.33 bits per heavy atom. The monoisotopic (exact) mass is 539 g/mol. The van der Waals surface area contributed by atoms with Crippen LogP contribution in [0.2, 0.25) is 0 Å². The number of fused-ring (bicyclic) bond motifs is 1. The van der Waals surface area contributed by atoms with Gasteiger partial charge in [-0.15, -0.1) is 0 Å². The zero-order valence-electron chi connectivity index (χ0n) is 21.6. The second-order valence-electron chi connectivity index (χ2n) is 8.99. The number of rotatable bonds is 8. The summed E-state index contributed by atoms with van der Waals surface area (Å²) >= 11 is 0. The molecule has 7 nitrogen and oxygen atoms in total. The molecule has 0 unspecified atom stereocenters. The third-order valence-corrected chi connectivity index (χ3v) is 6.60. The van der Waals surface area contributed by atoms with Crippen LogP contribution >= 0.6 is 0 Å². The lowest BCUT2D eigenvalue weighted by molar-refractivity contribution is -0.137. The van der Waals surface area contributed by atoms with Gasteiger partial charge in [0.25, 0.3) is 0 Å². The standard InChI is InChI=1S/C29H28F3N3O4/c1-36-25-5-3-4-20(26(25)37-2)12-15-39-28-33-24-11-8-21(19-6-9-22(10-7-19)29(30,31)32)18-23(24)27(34-28)35-13-16-38-17-14-35/h3-11,18H,12-17H2,1-2H3. The Morgan fingerprint density at radius 2 is 1.64 bits per heavy atom. The Balaban J connectivity index is 1.44. The summed E-state index contributed by atoms with van der Waals surface area (Å²) < 4.78 is 61.5. The van der Waals surface area contributed by atoms with Gasteiger partial charge in [0.1, 0.15) is 5.82 Å². The molecule has 0 radical (unpaired) electrons. The number of para-hydroxylation sites is 1. The third-order valence-electron chi connectivity index (χ3n) is 6.60. The highest BCUT2D eigenvalue weighted by molar-refractivity contribution is 5.93.